The highest BCUT2D eigenvalue weighted by Crippen LogP contribution is 2.13. The summed E-state index contributed by atoms with van der Waals surface area (Å²) in [6.07, 6.45) is 5.49. The van der Waals surface area contributed by atoms with Crippen molar-refractivity contribution in [2.75, 3.05) is 18.5 Å². The van der Waals surface area contributed by atoms with Crippen molar-refractivity contribution >= 4 is 41.3 Å². The minimum atomic E-state index is -1.03. The van der Waals surface area contributed by atoms with Crippen LogP contribution in [0, 0.1) is 5.92 Å². The Morgan fingerprint density at radius 2 is 1.82 bits per heavy atom. The van der Waals surface area contributed by atoms with E-state index in [1.807, 2.05) is 13.8 Å². The van der Waals surface area contributed by atoms with Gasteiger partial charge in [-0.15, -0.1) is 0 Å². The van der Waals surface area contributed by atoms with Crippen LogP contribution < -0.4 is 26.6 Å². The summed E-state index contributed by atoms with van der Waals surface area (Å²) in [5, 5.41) is 13.6. The van der Waals surface area contributed by atoms with Crippen LogP contribution in [0.2, 0.25) is 0 Å². The van der Waals surface area contributed by atoms with Gasteiger partial charge in [-0.3, -0.25) is 24.3 Å². The normalized spacial score (nSPS) is 11.7. The van der Waals surface area contributed by atoms with E-state index in [1.165, 1.54) is 22.9 Å². The number of carbonyl (C=O) groups excluding carboxylic acids is 4. The number of hydrogen-bond acceptors (Lipinski definition) is 8. The second kappa shape index (κ2) is 16.9. The first-order chi connectivity index (χ1) is 19.1. The monoisotopic (exact) mass is 571 g/mol. The van der Waals surface area contributed by atoms with Gasteiger partial charge in [0.1, 0.15) is 18.3 Å². The number of hydrogen-bond donors (Lipinski definition) is 4. The van der Waals surface area contributed by atoms with E-state index in [-0.39, 0.29) is 37.6 Å². The van der Waals surface area contributed by atoms with Crippen LogP contribution in [-0.2, 0) is 25.7 Å². The van der Waals surface area contributed by atoms with Crippen LogP contribution in [0.1, 0.15) is 50.4 Å². The number of nitrogens with two attached hydrogens (primary N) is 1. The molecule has 12 heteroatoms. The smallest absolute Gasteiger partial charge is 0.330 e. The molecular formula is C28H37N5O6S. The summed E-state index contributed by atoms with van der Waals surface area (Å²) in [5.41, 5.74) is -0.270. The minimum Gasteiger partial charge on any atom is -0.463 e. The van der Waals surface area contributed by atoms with Crippen molar-refractivity contribution in [3.05, 3.63) is 70.7 Å². The molecule has 0 aliphatic carbocycles. The van der Waals surface area contributed by atoms with Gasteiger partial charge in [0.2, 0.25) is 11.8 Å². The lowest BCUT2D eigenvalue weighted by molar-refractivity contribution is -0.137. The second-order valence-corrected chi connectivity index (χ2v) is 9.98. The maximum Gasteiger partial charge on any atom is 0.330 e. The van der Waals surface area contributed by atoms with Gasteiger partial charge in [-0.05, 0) is 80.5 Å². The molecule has 11 nitrogen and oxygen atoms in total. The number of nitrogens with zero attached hydrogens (tertiary/aromatic N) is 1. The number of esters is 1. The number of amides is 3. The van der Waals surface area contributed by atoms with Crippen molar-refractivity contribution in [1.29, 1.82) is 0 Å². The lowest BCUT2D eigenvalue weighted by Gasteiger charge is -2.18. The average molecular weight is 572 g/mol. The fourth-order valence-electron chi connectivity index (χ4n) is 3.52. The van der Waals surface area contributed by atoms with E-state index >= 15 is 0 Å². The summed E-state index contributed by atoms with van der Waals surface area (Å²) < 4.78 is 6.05. The highest BCUT2D eigenvalue weighted by Gasteiger charge is 2.22. The highest BCUT2D eigenvalue weighted by atomic mass is 32.2. The van der Waals surface area contributed by atoms with Crippen molar-refractivity contribution in [2.45, 2.75) is 57.5 Å². The first-order valence-corrected chi connectivity index (χ1v) is 13.9. The van der Waals surface area contributed by atoms with Gasteiger partial charge in [-0.2, -0.15) is 0 Å². The maximum absolute atomic E-state index is 13.2. The Labute approximate surface area is 238 Å². The predicted molar refractivity (Wildman–Crippen MR) is 155 cm³/mol. The number of carbonyl (C=O) groups is 4. The molecule has 2 aromatic rings. The highest BCUT2D eigenvalue weighted by molar-refractivity contribution is 7.97. The number of allylic oxidation sites excluding steroid dienone is 1. The molecule has 1 aromatic heterocycles. The second-order valence-electron chi connectivity index (χ2n) is 9.28. The quantitative estimate of drug-likeness (QED) is 0.144. The van der Waals surface area contributed by atoms with Crippen LogP contribution in [0.3, 0.4) is 0 Å². The Kier molecular flexibility index (Phi) is 13.7. The largest absolute Gasteiger partial charge is 0.463 e. The molecule has 0 spiro atoms. The number of pyridine rings is 1. The summed E-state index contributed by atoms with van der Waals surface area (Å²) in [6, 6.07) is 8.48. The van der Waals surface area contributed by atoms with Gasteiger partial charge in [0.05, 0.1) is 6.61 Å². The van der Waals surface area contributed by atoms with Gasteiger partial charge in [-0.1, -0.05) is 19.9 Å². The van der Waals surface area contributed by atoms with Gasteiger partial charge in [0.15, 0.2) is 0 Å². The van der Waals surface area contributed by atoms with Gasteiger partial charge in [-0.25, -0.2) is 4.79 Å². The molecule has 3 amide bonds. The molecule has 0 aliphatic rings. The van der Waals surface area contributed by atoms with E-state index in [0.29, 0.717) is 18.0 Å². The standard InChI is InChI=1S/C28H37N5O6S/c1-4-39-25(35)10-6-5-8-22(31-26(36)20-11-13-21(40-29)14-12-20)27(37)32-23-9-7-17-33(28(23)38)18-24(34)30-16-15-19(2)3/h6-7,9-14,17,19,22H,4-5,8,15-16,18,29H2,1-3H3,(H,30,34)(H,31,36)(H,32,37). The van der Waals surface area contributed by atoms with Crippen LogP contribution >= 0.6 is 11.9 Å². The number of nitrogens with one attached hydrogen (secondary N) is 3. The van der Waals surface area contributed by atoms with Crippen molar-refractivity contribution in [3.63, 3.8) is 0 Å². The van der Waals surface area contributed by atoms with Crippen molar-refractivity contribution in [3.8, 4) is 0 Å². The SMILES string of the molecule is CCOC(=O)C=CCCC(NC(=O)c1ccc(SN)cc1)C(=O)Nc1cccn(CC(=O)NCCC(C)C)c1=O. The molecule has 1 aromatic carbocycles. The molecule has 0 saturated heterocycles. The van der Waals surface area contributed by atoms with E-state index in [0.717, 1.165) is 23.3 Å². The Balaban J connectivity index is 2.15. The van der Waals surface area contributed by atoms with Crippen molar-refractivity contribution in [1.82, 2.24) is 15.2 Å². The molecule has 0 bridgehead atoms. The number of aromatic nitrogens is 1. The maximum atomic E-state index is 13.2. The van der Waals surface area contributed by atoms with Crippen LogP contribution in [0.25, 0.3) is 0 Å². The number of rotatable bonds is 15. The average Bonchev–Trinajstić information content (AvgIpc) is 2.92. The summed E-state index contributed by atoms with van der Waals surface area (Å²) in [7, 11) is 0. The third-order valence-electron chi connectivity index (χ3n) is 5.67. The first-order valence-electron chi connectivity index (χ1n) is 13.0. The van der Waals surface area contributed by atoms with E-state index in [9.17, 15) is 24.0 Å². The van der Waals surface area contributed by atoms with Crippen LogP contribution in [0.15, 0.2) is 64.4 Å². The molecule has 0 radical (unpaired) electrons. The zero-order valence-electron chi connectivity index (χ0n) is 23.0. The summed E-state index contributed by atoms with van der Waals surface area (Å²) >= 11 is 1.04. The number of benzene rings is 1. The molecular weight excluding hydrogens is 534 g/mol. The number of ether oxygens (including phenoxy) is 1. The van der Waals surface area contributed by atoms with E-state index in [1.54, 1.807) is 43.3 Å². The fraction of sp³-hybridized carbons (Fsp3) is 0.393. The van der Waals surface area contributed by atoms with Crippen LogP contribution in [-0.4, -0.2) is 47.5 Å². The molecule has 1 atom stereocenters. The summed E-state index contributed by atoms with van der Waals surface area (Å²) in [4.78, 5) is 63.7. The minimum absolute atomic E-state index is 0.0341. The molecule has 216 valence electrons. The molecule has 5 N–H and O–H groups in total. The Bertz CT molecular complexity index is 1240. The molecule has 40 heavy (non-hydrogen) atoms. The van der Waals surface area contributed by atoms with Crippen LogP contribution in [0.4, 0.5) is 5.69 Å². The Morgan fingerprint density at radius 1 is 1.10 bits per heavy atom. The zero-order valence-corrected chi connectivity index (χ0v) is 23.8. The van der Waals surface area contributed by atoms with Gasteiger partial charge < -0.3 is 25.3 Å². The summed E-state index contributed by atoms with van der Waals surface area (Å²) in [6.45, 7) is 6.33. The molecule has 2 rings (SSSR count). The first kappa shape index (κ1) is 32.3. The van der Waals surface area contributed by atoms with Gasteiger partial charge >= 0.3 is 5.97 Å². The van der Waals surface area contributed by atoms with Crippen molar-refractivity contribution < 1.29 is 23.9 Å². The lowest BCUT2D eigenvalue weighted by atomic mass is 10.1. The van der Waals surface area contributed by atoms with Crippen molar-refractivity contribution in [2.24, 2.45) is 11.1 Å². The lowest BCUT2D eigenvalue weighted by Crippen LogP contribution is -2.44. The zero-order chi connectivity index (χ0) is 29.5. The Morgan fingerprint density at radius 3 is 2.48 bits per heavy atom. The molecule has 0 fully saturated rings. The molecule has 1 heterocycles. The predicted octanol–water partition coefficient (Wildman–Crippen LogP) is 2.61. The third-order valence-corrected chi connectivity index (χ3v) is 6.22. The van der Waals surface area contributed by atoms with Gasteiger partial charge in [0.25, 0.3) is 11.5 Å². The topological polar surface area (TPSA) is 162 Å². The van der Waals surface area contributed by atoms with E-state index in [2.05, 4.69) is 16.0 Å². The Hall–Kier alpha value is -3.90. The third kappa shape index (κ3) is 11.1. The van der Waals surface area contributed by atoms with E-state index in [4.69, 9.17) is 9.88 Å². The fourth-order valence-corrected chi connectivity index (χ4v) is 3.81. The van der Waals surface area contributed by atoms with Crippen LogP contribution in [0.5, 0.6) is 0 Å². The molecule has 1 unspecified atom stereocenters. The molecule has 0 saturated carbocycles. The molecule has 0 aliphatic heterocycles. The van der Waals surface area contributed by atoms with Gasteiger partial charge in [0, 0.05) is 29.3 Å². The van der Waals surface area contributed by atoms with E-state index < -0.39 is 29.4 Å². The number of anilines is 1. The summed E-state index contributed by atoms with van der Waals surface area (Å²) in [5.74, 6) is -1.51.